The lowest BCUT2D eigenvalue weighted by Gasteiger charge is -2.11. The summed E-state index contributed by atoms with van der Waals surface area (Å²) >= 11 is 1.71. The summed E-state index contributed by atoms with van der Waals surface area (Å²) in [6, 6.07) is 14.2. The van der Waals surface area contributed by atoms with Crippen molar-refractivity contribution in [2.75, 3.05) is 0 Å². The molecule has 3 aromatic heterocycles. The second-order valence-electron chi connectivity index (χ2n) is 6.81. The quantitative estimate of drug-likeness (QED) is 0.458. The number of aryl methyl sites for hydroxylation is 2. The fourth-order valence-corrected chi connectivity index (χ4v) is 4.17. The van der Waals surface area contributed by atoms with Crippen LogP contribution in [0.25, 0.3) is 21.5 Å². The van der Waals surface area contributed by atoms with E-state index in [0.717, 1.165) is 17.0 Å². The number of thiophene rings is 1. The van der Waals surface area contributed by atoms with Crippen LogP contribution in [0.15, 0.2) is 58.5 Å². The summed E-state index contributed by atoms with van der Waals surface area (Å²) in [5, 5.41) is 6.29. The maximum atomic E-state index is 12.5. The van der Waals surface area contributed by atoms with E-state index in [4.69, 9.17) is 4.42 Å². The lowest BCUT2D eigenvalue weighted by atomic mass is 10.0. The number of amides is 1. The van der Waals surface area contributed by atoms with Crippen LogP contribution in [0.1, 0.15) is 36.3 Å². The minimum Gasteiger partial charge on any atom is -0.467 e. The summed E-state index contributed by atoms with van der Waals surface area (Å²) in [5.74, 6) is 0.795. The van der Waals surface area contributed by atoms with Crippen molar-refractivity contribution in [3.8, 4) is 10.6 Å². The van der Waals surface area contributed by atoms with E-state index in [-0.39, 0.29) is 11.9 Å². The third-order valence-corrected chi connectivity index (χ3v) is 5.67. The van der Waals surface area contributed by atoms with Gasteiger partial charge in [-0.15, -0.1) is 11.3 Å². The van der Waals surface area contributed by atoms with Crippen LogP contribution in [-0.4, -0.2) is 10.9 Å². The van der Waals surface area contributed by atoms with Crippen molar-refractivity contribution < 1.29 is 9.21 Å². The van der Waals surface area contributed by atoms with Crippen LogP contribution in [-0.2, 0) is 11.2 Å². The zero-order chi connectivity index (χ0) is 18.8. The van der Waals surface area contributed by atoms with Gasteiger partial charge in [0.25, 0.3) is 0 Å². The maximum absolute atomic E-state index is 12.5. The van der Waals surface area contributed by atoms with E-state index < -0.39 is 0 Å². The largest absolute Gasteiger partial charge is 0.467 e. The molecule has 0 unspecified atom stereocenters. The molecule has 0 spiro atoms. The van der Waals surface area contributed by atoms with Gasteiger partial charge >= 0.3 is 0 Å². The number of aromatic amines is 1. The molecule has 1 atom stereocenters. The summed E-state index contributed by atoms with van der Waals surface area (Å²) in [7, 11) is 0. The molecule has 0 aliphatic rings. The van der Waals surface area contributed by atoms with Gasteiger partial charge in [0.05, 0.1) is 22.9 Å². The van der Waals surface area contributed by atoms with Crippen LogP contribution in [0.5, 0.6) is 0 Å². The Hall–Kier alpha value is -2.79. The first-order valence-electron chi connectivity index (χ1n) is 9.09. The van der Waals surface area contributed by atoms with Crippen LogP contribution >= 0.6 is 11.3 Å². The maximum Gasteiger partial charge on any atom is 0.220 e. The molecule has 2 N–H and O–H groups in total. The summed E-state index contributed by atoms with van der Waals surface area (Å²) in [4.78, 5) is 17.2. The number of aromatic nitrogens is 1. The molecule has 0 saturated carbocycles. The SMILES string of the molecule is Cc1ccc2[nH]c(-c3cccs3)c(CCC(=O)N[C@@H](C)c3ccco3)c2c1. The van der Waals surface area contributed by atoms with Crippen LogP contribution in [0.4, 0.5) is 0 Å². The van der Waals surface area contributed by atoms with E-state index in [9.17, 15) is 4.79 Å². The van der Waals surface area contributed by atoms with Gasteiger partial charge in [-0.3, -0.25) is 4.79 Å². The number of rotatable bonds is 6. The zero-order valence-corrected chi connectivity index (χ0v) is 16.2. The first-order chi connectivity index (χ1) is 13.1. The van der Waals surface area contributed by atoms with Crippen molar-refractivity contribution in [1.29, 1.82) is 0 Å². The molecule has 4 aromatic rings. The molecular formula is C22H22N2O2S. The molecule has 138 valence electrons. The third kappa shape index (κ3) is 3.69. The van der Waals surface area contributed by atoms with Crippen molar-refractivity contribution in [3.63, 3.8) is 0 Å². The second kappa shape index (κ2) is 7.45. The molecule has 5 heteroatoms. The van der Waals surface area contributed by atoms with Gasteiger partial charge < -0.3 is 14.7 Å². The Morgan fingerprint density at radius 2 is 2.15 bits per heavy atom. The van der Waals surface area contributed by atoms with E-state index >= 15 is 0 Å². The predicted molar refractivity (Wildman–Crippen MR) is 110 cm³/mol. The van der Waals surface area contributed by atoms with Gasteiger partial charge in [0.2, 0.25) is 5.91 Å². The first kappa shape index (κ1) is 17.6. The number of furan rings is 1. The number of hydrogen-bond donors (Lipinski definition) is 2. The van der Waals surface area contributed by atoms with Crippen molar-refractivity contribution >= 4 is 28.1 Å². The van der Waals surface area contributed by atoms with Gasteiger partial charge in [-0.1, -0.05) is 17.7 Å². The smallest absolute Gasteiger partial charge is 0.220 e. The topological polar surface area (TPSA) is 58.0 Å². The molecule has 1 amide bonds. The fourth-order valence-electron chi connectivity index (χ4n) is 3.41. The molecule has 4 rings (SSSR count). The highest BCUT2D eigenvalue weighted by Crippen LogP contribution is 2.34. The zero-order valence-electron chi connectivity index (χ0n) is 15.4. The molecule has 4 nitrogen and oxygen atoms in total. The lowest BCUT2D eigenvalue weighted by molar-refractivity contribution is -0.121. The predicted octanol–water partition coefficient (Wildman–Crippen LogP) is 5.61. The highest BCUT2D eigenvalue weighted by Gasteiger charge is 2.17. The summed E-state index contributed by atoms with van der Waals surface area (Å²) in [6.45, 7) is 4.03. The highest BCUT2D eigenvalue weighted by molar-refractivity contribution is 7.13. The molecule has 0 aliphatic heterocycles. The van der Waals surface area contributed by atoms with Crippen LogP contribution in [0.2, 0.25) is 0 Å². The monoisotopic (exact) mass is 378 g/mol. The number of fused-ring (bicyclic) bond motifs is 1. The van der Waals surface area contributed by atoms with Gasteiger partial charge in [-0.2, -0.15) is 0 Å². The Morgan fingerprint density at radius 1 is 1.26 bits per heavy atom. The second-order valence-corrected chi connectivity index (χ2v) is 7.76. The summed E-state index contributed by atoms with van der Waals surface area (Å²) < 4.78 is 5.37. The number of hydrogen-bond acceptors (Lipinski definition) is 3. The van der Waals surface area contributed by atoms with Gasteiger partial charge in [0.15, 0.2) is 0 Å². The summed E-state index contributed by atoms with van der Waals surface area (Å²) in [6.07, 6.45) is 2.75. The van der Waals surface area contributed by atoms with Crippen molar-refractivity contribution in [1.82, 2.24) is 10.3 Å². The third-order valence-electron chi connectivity index (χ3n) is 4.78. The van der Waals surface area contributed by atoms with E-state index in [1.165, 1.54) is 21.4 Å². The molecule has 0 saturated heterocycles. The van der Waals surface area contributed by atoms with Crippen molar-refractivity contribution in [2.45, 2.75) is 32.7 Å². The number of carbonyl (C=O) groups is 1. The average Bonchev–Trinajstić information content (AvgIpc) is 3.39. The number of H-pyrrole nitrogens is 1. The van der Waals surface area contributed by atoms with Gasteiger partial charge in [0.1, 0.15) is 5.76 Å². The average molecular weight is 378 g/mol. The molecule has 27 heavy (non-hydrogen) atoms. The minimum absolute atomic E-state index is 0.0260. The number of benzene rings is 1. The number of carbonyl (C=O) groups excluding carboxylic acids is 1. The van der Waals surface area contributed by atoms with Crippen molar-refractivity contribution in [2.24, 2.45) is 0 Å². The molecule has 0 bridgehead atoms. The molecule has 0 aliphatic carbocycles. The summed E-state index contributed by atoms with van der Waals surface area (Å²) in [5.41, 5.74) is 4.66. The Labute approximate surface area is 162 Å². The minimum atomic E-state index is -0.130. The Morgan fingerprint density at radius 3 is 2.89 bits per heavy atom. The normalized spacial score (nSPS) is 12.4. The molecular weight excluding hydrogens is 356 g/mol. The first-order valence-corrected chi connectivity index (χ1v) is 9.97. The van der Waals surface area contributed by atoms with E-state index in [1.807, 2.05) is 19.1 Å². The van der Waals surface area contributed by atoms with Gasteiger partial charge in [0, 0.05) is 17.3 Å². The molecule has 0 radical (unpaired) electrons. The Balaban J connectivity index is 1.56. The highest BCUT2D eigenvalue weighted by atomic mass is 32.1. The molecule has 1 aromatic carbocycles. The van der Waals surface area contributed by atoms with E-state index in [1.54, 1.807) is 17.6 Å². The van der Waals surface area contributed by atoms with E-state index in [2.05, 4.69) is 52.9 Å². The Bertz CT molecular complexity index is 1050. The standard InChI is InChI=1S/C22H22N2O2S/c1-14-7-9-18-17(13-14)16(22(24-18)20-6-4-12-27-20)8-10-21(25)23-15(2)19-5-3-11-26-19/h3-7,9,11-13,15,24H,8,10H2,1-2H3,(H,23,25)/t15-/m0/s1. The van der Waals surface area contributed by atoms with Crippen LogP contribution in [0, 0.1) is 6.92 Å². The van der Waals surface area contributed by atoms with Gasteiger partial charge in [-0.05, 0) is 61.5 Å². The molecule has 3 heterocycles. The Kier molecular flexibility index (Phi) is 4.86. The van der Waals surface area contributed by atoms with Crippen molar-refractivity contribution in [3.05, 3.63) is 71.0 Å². The van der Waals surface area contributed by atoms with Crippen LogP contribution < -0.4 is 5.32 Å². The van der Waals surface area contributed by atoms with E-state index in [0.29, 0.717) is 12.8 Å². The van der Waals surface area contributed by atoms with Crippen LogP contribution in [0.3, 0.4) is 0 Å². The number of nitrogens with one attached hydrogen (secondary N) is 2. The lowest BCUT2D eigenvalue weighted by Crippen LogP contribution is -2.26. The van der Waals surface area contributed by atoms with Gasteiger partial charge in [-0.25, -0.2) is 0 Å². The fraction of sp³-hybridized carbons (Fsp3) is 0.227. The molecule has 0 fully saturated rings.